The van der Waals surface area contributed by atoms with E-state index in [1.54, 1.807) is 0 Å². The largest absolute Gasteiger partial charge is 0.457 e. The lowest BCUT2D eigenvalue weighted by Gasteiger charge is -2.30. The molecule has 1 aliphatic heterocycles. The van der Waals surface area contributed by atoms with Gasteiger partial charge in [0.1, 0.15) is 12.2 Å². The second-order valence-corrected chi connectivity index (χ2v) is 3.44. The van der Waals surface area contributed by atoms with E-state index in [1.165, 1.54) is 0 Å². The summed E-state index contributed by atoms with van der Waals surface area (Å²) in [5.41, 5.74) is -1.57. The number of aliphatic hydroxyl groups excluding tert-OH is 2. The lowest BCUT2D eigenvalue weighted by Crippen LogP contribution is -2.48. The van der Waals surface area contributed by atoms with E-state index in [0.717, 1.165) is 0 Å². The monoisotopic (exact) mass is 174 g/mol. The van der Waals surface area contributed by atoms with Crippen molar-refractivity contribution in [1.29, 1.82) is 0 Å². The number of fused-ring (bicyclic) bond motifs is 2. The second kappa shape index (κ2) is 2.18. The summed E-state index contributed by atoms with van der Waals surface area (Å²) in [6, 6.07) is 0. The number of hydrogen-bond acceptors (Lipinski definition) is 5. The first-order valence-electron chi connectivity index (χ1n) is 3.82. The van der Waals surface area contributed by atoms with Crippen molar-refractivity contribution in [3.05, 3.63) is 0 Å². The van der Waals surface area contributed by atoms with Gasteiger partial charge >= 0.3 is 5.97 Å². The molecule has 0 aromatic heterocycles. The van der Waals surface area contributed by atoms with Gasteiger partial charge in [-0.15, -0.1) is 0 Å². The van der Waals surface area contributed by atoms with Gasteiger partial charge in [0.2, 0.25) is 0 Å². The molecule has 2 aliphatic rings. The lowest BCUT2D eigenvalue weighted by atomic mass is 9.82. The van der Waals surface area contributed by atoms with Crippen molar-refractivity contribution in [2.75, 3.05) is 0 Å². The fraction of sp³-hybridized carbons (Fsp3) is 0.857. The van der Waals surface area contributed by atoms with Crippen molar-refractivity contribution in [2.45, 2.75) is 36.8 Å². The lowest BCUT2D eigenvalue weighted by molar-refractivity contribution is -0.154. The van der Waals surface area contributed by atoms with Crippen LogP contribution in [0.5, 0.6) is 0 Å². The molecular weight excluding hydrogens is 164 g/mol. The van der Waals surface area contributed by atoms with Gasteiger partial charge in [-0.05, 0) is 0 Å². The third-order valence-electron chi connectivity index (χ3n) is 2.50. The first-order chi connectivity index (χ1) is 5.53. The molecule has 2 bridgehead atoms. The predicted octanol–water partition coefficient (Wildman–Crippen LogP) is -1.84. The van der Waals surface area contributed by atoms with Crippen molar-refractivity contribution in [1.82, 2.24) is 0 Å². The summed E-state index contributed by atoms with van der Waals surface area (Å²) in [5.74, 6) is -0.733. The molecule has 0 aromatic rings. The van der Waals surface area contributed by atoms with Gasteiger partial charge in [0.25, 0.3) is 0 Å². The van der Waals surface area contributed by atoms with Crippen LogP contribution in [0.25, 0.3) is 0 Å². The number of esters is 1. The Bertz CT molecular complexity index is 228. The van der Waals surface area contributed by atoms with Crippen LogP contribution >= 0.6 is 0 Å². The normalized spacial score (nSPS) is 52.2. The van der Waals surface area contributed by atoms with Crippen molar-refractivity contribution < 1.29 is 24.9 Å². The molecule has 5 nitrogen and oxygen atoms in total. The van der Waals surface area contributed by atoms with Crippen LogP contribution in [0.2, 0.25) is 0 Å². The minimum atomic E-state index is -1.57. The molecule has 12 heavy (non-hydrogen) atoms. The summed E-state index contributed by atoms with van der Waals surface area (Å²) in [7, 11) is 0. The van der Waals surface area contributed by atoms with Crippen molar-refractivity contribution in [3.8, 4) is 0 Å². The van der Waals surface area contributed by atoms with Gasteiger partial charge in [0, 0.05) is 12.8 Å². The van der Waals surface area contributed by atoms with Crippen molar-refractivity contribution in [2.24, 2.45) is 0 Å². The molecule has 1 saturated heterocycles. The second-order valence-electron chi connectivity index (χ2n) is 3.44. The Kier molecular flexibility index (Phi) is 1.45. The van der Waals surface area contributed by atoms with Crippen LogP contribution in [0.15, 0.2) is 0 Å². The number of rotatable bonds is 0. The summed E-state index contributed by atoms with van der Waals surface area (Å²) in [6.45, 7) is 0. The van der Waals surface area contributed by atoms with E-state index in [2.05, 4.69) is 4.74 Å². The van der Waals surface area contributed by atoms with E-state index >= 15 is 0 Å². The molecule has 68 valence electrons. The zero-order valence-electron chi connectivity index (χ0n) is 6.30. The molecule has 5 heteroatoms. The van der Waals surface area contributed by atoms with E-state index in [9.17, 15) is 20.1 Å². The highest BCUT2D eigenvalue weighted by molar-refractivity contribution is 5.82. The molecule has 3 N–H and O–H groups in total. The molecule has 0 aromatic carbocycles. The molecular formula is C7H10O5. The van der Waals surface area contributed by atoms with Crippen molar-refractivity contribution >= 4 is 5.97 Å². The van der Waals surface area contributed by atoms with E-state index in [-0.39, 0.29) is 12.8 Å². The molecule has 0 unspecified atom stereocenters. The molecule has 1 aliphatic carbocycles. The topological polar surface area (TPSA) is 87.0 Å². The third-order valence-corrected chi connectivity index (χ3v) is 2.50. The smallest absolute Gasteiger partial charge is 0.338 e. The van der Waals surface area contributed by atoms with E-state index in [4.69, 9.17) is 0 Å². The first-order valence-corrected chi connectivity index (χ1v) is 3.82. The summed E-state index contributed by atoms with van der Waals surface area (Å²) in [4.78, 5) is 11.0. The minimum Gasteiger partial charge on any atom is -0.457 e. The summed E-state index contributed by atoms with van der Waals surface area (Å²) < 4.78 is 4.67. The zero-order valence-corrected chi connectivity index (χ0v) is 6.30. The Morgan fingerprint density at radius 2 is 2.08 bits per heavy atom. The van der Waals surface area contributed by atoms with Crippen LogP contribution in [-0.4, -0.2) is 45.2 Å². The van der Waals surface area contributed by atoms with Crippen LogP contribution < -0.4 is 0 Å². The van der Waals surface area contributed by atoms with Crippen molar-refractivity contribution in [3.63, 3.8) is 0 Å². The zero-order chi connectivity index (χ0) is 8.93. The number of ether oxygens (including phenoxy) is 1. The summed E-state index contributed by atoms with van der Waals surface area (Å²) in [5, 5.41) is 28.0. The quantitative estimate of drug-likeness (QED) is 0.375. The number of hydrogen-bond donors (Lipinski definition) is 3. The third kappa shape index (κ3) is 0.872. The fourth-order valence-electron chi connectivity index (χ4n) is 1.78. The van der Waals surface area contributed by atoms with Gasteiger partial charge in [-0.3, -0.25) is 0 Å². The highest BCUT2D eigenvalue weighted by atomic mass is 16.6. The molecule has 0 radical (unpaired) electrons. The highest BCUT2D eigenvalue weighted by Crippen LogP contribution is 2.37. The summed E-state index contributed by atoms with van der Waals surface area (Å²) >= 11 is 0. The van der Waals surface area contributed by atoms with Crippen LogP contribution in [-0.2, 0) is 9.53 Å². The average Bonchev–Trinajstić information content (AvgIpc) is 2.22. The minimum absolute atomic E-state index is 0.0874. The standard InChI is InChI=1S/C7H10O5/c8-3-1-7(11)2-4(5(3)9)12-6(7)10/h3-5,8-9,11H,1-2H2/t3-,4+,5+,7+/m0/s1. The maximum Gasteiger partial charge on any atom is 0.338 e. The van der Waals surface area contributed by atoms with Crippen LogP contribution in [0, 0.1) is 0 Å². The molecule has 0 spiro atoms. The van der Waals surface area contributed by atoms with Crippen LogP contribution in [0.4, 0.5) is 0 Å². The molecule has 0 amide bonds. The Morgan fingerprint density at radius 3 is 2.75 bits per heavy atom. The van der Waals surface area contributed by atoms with E-state index < -0.39 is 29.9 Å². The Morgan fingerprint density at radius 1 is 1.42 bits per heavy atom. The molecule has 2 rings (SSSR count). The predicted molar refractivity (Wildman–Crippen MR) is 36.1 cm³/mol. The van der Waals surface area contributed by atoms with Gasteiger partial charge in [-0.2, -0.15) is 0 Å². The SMILES string of the molecule is O=C1O[C@@H]2C[C@]1(O)C[C@H](O)[C@H]2O. The van der Waals surface area contributed by atoms with E-state index in [1.807, 2.05) is 0 Å². The highest BCUT2D eigenvalue weighted by Gasteiger charge is 2.56. The average molecular weight is 174 g/mol. The van der Waals surface area contributed by atoms with E-state index in [0.29, 0.717) is 0 Å². The Balaban J connectivity index is 2.28. The number of carbonyl (C=O) groups is 1. The first kappa shape index (κ1) is 7.97. The number of aliphatic hydroxyl groups is 3. The Labute approximate surface area is 68.6 Å². The molecule has 1 heterocycles. The summed E-state index contributed by atoms with van der Waals surface area (Å²) in [6.07, 6.45) is -2.92. The molecule has 4 atom stereocenters. The Hall–Kier alpha value is -0.650. The number of carbonyl (C=O) groups excluding carboxylic acids is 1. The maximum atomic E-state index is 11.0. The molecule has 2 fully saturated rings. The van der Waals surface area contributed by atoms with Crippen LogP contribution in [0.1, 0.15) is 12.8 Å². The van der Waals surface area contributed by atoms with Gasteiger partial charge in [0.15, 0.2) is 5.60 Å². The van der Waals surface area contributed by atoms with Gasteiger partial charge < -0.3 is 20.1 Å². The van der Waals surface area contributed by atoms with Crippen LogP contribution in [0.3, 0.4) is 0 Å². The fourth-order valence-corrected chi connectivity index (χ4v) is 1.78. The van der Waals surface area contributed by atoms with Gasteiger partial charge in [-0.25, -0.2) is 4.79 Å². The van der Waals surface area contributed by atoms with Gasteiger partial charge in [-0.1, -0.05) is 0 Å². The van der Waals surface area contributed by atoms with Gasteiger partial charge in [0.05, 0.1) is 6.10 Å². The molecule has 1 saturated carbocycles. The maximum absolute atomic E-state index is 11.0.